The monoisotopic (exact) mass is 163 g/mol. The molecule has 0 saturated heterocycles. The maximum Gasteiger partial charge on any atom is 0.194 e. The Balaban J connectivity index is 3.16. The zero-order chi connectivity index (χ0) is 9.14. The van der Waals surface area contributed by atoms with Crippen molar-refractivity contribution in [3.8, 4) is 6.07 Å². The summed E-state index contributed by atoms with van der Waals surface area (Å²) >= 11 is 0. The smallest absolute Gasteiger partial charge is 0.194 e. The number of hydrogen-bond donors (Lipinski definition) is 0. The number of nitrogens with zero attached hydrogens (tertiary/aromatic N) is 1. The van der Waals surface area contributed by atoms with Crippen LogP contribution in [0, 0.1) is 11.3 Å². The third kappa shape index (κ3) is 1.37. The molecule has 0 saturated carbocycles. The van der Waals surface area contributed by atoms with Crippen molar-refractivity contribution in [3.05, 3.63) is 23.2 Å². The number of rotatable bonds is 2. The lowest BCUT2D eigenvalue weighted by Crippen LogP contribution is -1.86. The molecule has 0 radical (unpaired) electrons. The van der Waals surface area contributed by atoms with E-state index in [1.165, 1.54) is 13.0 Å². The molecule has 12 heavy (non-hydrogen) atoms. The second-order valence-corrected chi connectivity index (χ2v) is 2.47. The molecule has 0 fully saturated rings. The lowest BCUT2D eigenvalue weighted by Gasteiger charge is -1.87. The molecule has 0 unspecified atom stereocenters. The summed E-state index contributed by atoms with van der Waals surface area (Å²) in [4.78, 5) is 10.8. The molecule has 1 rings (SSSR count). The second kappa shape index (κ2) is 3.22. The molecule has 1 aromatic heterocycles. The highest BCUT2D eigenvalue weighted by atomic mass is 16.3. The molecular weight excluding hydrogens is 154 g/mol. The summed E-state index contributed by atoms with van der Waals surface area (Å²) in [5.74, 6) is 0.706. The number of ketones is 1. The first-order valence-electron chi connectivity index (χ1n) is 3.72. The summed E-state index contributed by atoms with van der Waals surface area (Å²) in [6.45, 7) is 3.29. The van der Waals surface area contributed by atoms with E-state index in [0.717, 1.165) is 0 Å². The Morgan fingerprint density at radius 2 is 2.42 bits per heavy atom. The van der Waals surface area contributed by atoms with Crippen LogP contribution in [0.15, 0.2) is 10.5 Å². The Hall–Kier alpha value is -1.56. The Morgan fingerprint density at radius 1 is 1.75 bits per heavy atom. The predicted octanol–water partition coefficient (Wildman–Crippen LogP) is 1.92. The molecule has 3 nitrogen and oxygen atoms in total. The molecular formula is C9H9NO2. The molecule has 1 heterocycles. The molecule has 1 aromatic rings. The first kappa shape index (κ1) is 8.54. The summed E-state index contributed by atoms with van der Waals surface area (Å²) in [6, 6.07) is 3.46. The van der Waals surface area contributed by atoms with E-state index in [1.54, 1.807) is 0 Å². The van der Waals surface area contributed by atoms with Crippen molar-refractivity contribution >= 4 is 5.78 Å². The largest absolute Gasteiger partial charge is 0.457 e. The topological polar surface area (TPSA) is 54.0 Å². The predicted molar refractivity (Wildman–Crippen MR) is 42.8 cm³/mol. The van der Waals surface area contributed by atoms with E-state index < -0.39 is 0 Å². The van der Waals surface area contributed by atoms with E-state index in [-0.39, 0.29) is 11.5 Å². The van der Waals surface area contributed by atoms with Crippen molar-refractivity contribution < 1.29 is 9.21 Å². The zero-order valence-electron chi connectivity index (χ0n) is 7.05. The van der Waals surface area contributed by atoms with Gasteiger partial charge in [-0.3, -0.25) is 4.79 Å². The van der Waals surface area contributed by atoms with E-state index in [2.05, 4.69) is 0 Å². The summed E-state index contributed by atoms with van der Waals surface area (Å²) < 4.78 is 5.14. The third-order valence-corrected chi connectivity index (χ3v) is 1.60. The van der Waals surface area contributed by atoms with Gasteiger partial charge in [-0.05, 0) is 0 Å². The van der Waals surface area contributed by atoms with Crippen molar-refractivity contribution in [1.29, 1.82) is 5.26 Å². The van der Waals surface area contributed by atoms with Crippen LogP contribution in [-0.4, -0.2) is 5.78 Å². The quantitative estimate of drug-likeness (QED) is 0.626. The number of carbonyl (C=O) groups is 1. The average molecular weight is 163 g/mol. The lowest BCUT2D eigenvalue weighted by molar-refractivity contribution is 0.0985. The van der Waals surface area contributed by atoms with Gasteiger partial charge >= 0.3 is 0 Å². The minimum atomic E-state index is -0.147. The summed E-state index contributed by atoms with van der Waals surface area (Å²) in [5.41, 5.74) is 0.461. The Bertz CT molecular complexity index is 344. The Morgan fingerprint density at radius 3 is 2.75 bits per heavy atom. The first-order valence-corrected chi connectivity index (χ1v) is 3.72. The second-order valence-electron chi connectivity index (χ2n) is 2.47. The summed E-state index contributed by atoms with van der Waals surface area (Å²) in [5, 5.41) is 8.62. The van der Waals surface area contributed by atoms with Crippen molar-refractivity contribution in [1.82, 2.24) is 0 Å². The molecule has 0 aromatic carbocycles. The standard InChI is InChI=1S/C9H9NO2/c1-3-8-7(5-10)4-9(12-8)6(2)11/h4H,3H2,1-2H3. The van der Waals surface area contributed by atoms with Crippen molar-refractivity contribution in [2.24, 2.45) is 0 Å². The normalized spacial score (nSPS) is 9.42. The summed E-state index contributed by atoms with van der Waals surface area (Å²) in [7, 11) is 0. The fraction of sp³-hybridized carbons (Fsp3) is 0.333. The minimum Gasteiger partial charge on any atom is -0.457 e. The summed E-state index contributed by atoms with van der Waals surface area (Å²) in [6.07, 6.45) is 0.635. The molecule has 62 valence electrons. The number of aryl methyl sites for hydroxylation is 1. The molecule has 0 atom stereocenters. The van der Waals surface area contributed by atoms with Crippen LogP contribution in [0.25, 0.3) is 0 Å². The highest BCUT2D eigenvalue weighted by Gasteiger charge is 2.11. The van der Waals surface area contributed by atoms with Gasteiger partial charge in [-0.25, -0.2) is 0 Å². The van der Waals surface area contributed by atoms with Crippen LogP contribution < -0.4 is 0 Å². The highest BCUT2D eigenvalue weighted by molar-refractivity contribution is 5.91. The van der Waals surface area contributed by atoms with Gasteiger partial charge in [0, 0.05) is 19.4 Å². The van der Waals surface area contributed by atoms with Gasteiger partial charge in [0.15, 0.2) is 11.5 Å². The lowest BCUT2D eigenvalue weighted by atomic mass is 10.2. The van der Waals surface area contributed by atoms with Crippen LogP contribution in [0.2, 0.25) is 0 Å². The molecule has 0 aliphatic rings. The van der Waals surface area contributed by atoms with Gasteiger partial charge in [-0.15, -0.1) is 0 Å². The van der Waals surface area contributed by atoms with Gasteiger partial charge in [0.25, 0.3) is 0 Å². The fourth-order valence-electron chi connectivity index (χ4n) is 0.959. The Kier molecular flexibility index (Phi) is 2.29. The average Bonchev–Trinajstić information content (AvgIpc) is 2.46. The van der Waals surface area contributed by atoms with Gasteiger partial charge in [0.05, 0.1) is 5.56 Å². The van der Waals surface area contributed by atoms with Gasteiger partial charge in [0.1, 0.15) is 11.8 Å². The van der Waals surface area contributed by atoms with E-state index in [0.29, 0.717) is 17.7 Å². The molecule has 0 aliphatic carbocycles. The van der Waals surface area contributed by atoms with Gasteiger partial charge < -0.3 is 4.42 Å². The molecule has 0 amide bonds. The third-order valence-electron chi connectivity index (χ3n) is 1.60. The zero-order valence-corrected chi connectivity index (χ0v) is 7.05. The maximum atomic E-state index is 10.8. The van der Waals surface area contributed by atoms with Crippen LogP contribution in [0.3, 0.4) is 0 Å². The number of carbonyl (C=O) groups excluding carboxylic acids is 1. The number of Topliss-reactive ketones (excluding diaryl/α,β-unsaturated/α-hetero) is 1. The van der Waals surface area contributed by atoms with E-state index in [1.807, 2.05) is 13.0 Å². The first-order chi connectivity index (χ1) is 5.69. The number of furan rings is 1. The van der Waals surface area contributed by atoms with Crippen LogP contribution in [0.4, 0.5) is 0 Å². The fourth-order valence-corrected chi connectivity index (χ4v) is 0.959. The van der Waals surface area contributed by atoms with Gasteiger partial charge in [-0.2, -0.15) is 5.26 Å². The maximum absolute atomic E-state index is 10.8. The van der Waals surface area contributed by atoms with Crippen LogP contribution >= 0.6 is 0 Å². The van der Waals surface area contributed by atoms with Gasteiger partial charge in [-0.1, -0.05) is 6.92 Å². The minimum absolute atomic E-state index is 0.147. The van der Waals surface area contributed by atoms with Gasteiger partial charge in [0.2, 0.25) is 0 Å². The van der Waals surface area contributed by atoms with E-state index in [4.69, 9.17) is 9.68 Å². The van der Waals surface area contributed by atoms with Crippen molar-refractivity contribution in [2.75, 3.05) is 0 Å². The van der Waals surface area contributed by atoms with Crippen LogP contribution in [-0.2, 0) is 6.42 Å². The van der Waals surface area contributed by atoms with Crippen LogP contribution in [0.1, 0.15) is 35.7 Å². The van der Waals surface area contributed by atoms with E-state index in [9.17, 15) is 4.79 Å². The highest BCUT2D eigenvalue weighted by Crippen LogP contribution is 2.15. The molecule has 0 N–H and O–H groups in total. The Labute approximate surface area is 70.6 Å². The number of nitriles is 1. The molecule has 0 bridgehead atoms. The molecule has 3 heteroatoms. The molecule has 0 aliphatic heterocycles. The van der Waals surface area contributed by atoms with Crippen molar-refractivity contribution in [3.63, 3.8) is 0 Å². The number of hydrogen-bond acceptors (Lipinski definition) is 3. The SMILES string of the molecule is CCc1oc(C(C)=O)cc1C#N. The van der Waals surface area contributed by atoms with E-state index >= 15 is 0 Å². The molecule has 0 spiro atoms. The van der Waals surface area contributed by atoms with Crippen LogP contribution in [0.5, 0.6) is 0 Å². The van der Waals surface area contributed by atoms with Crippen molar-refractivity contribution in [2.45, 2.75) is 20.3 Å².